The molecule has 2 amide bonds. The summed E-state index contributed by atoms with van der Waals surface area (Å²) in [5.41, 5.74) is 2.23. The van der Waals surface area contributed by atoms with Crippen LogP contribution in [0.3, 0.4) is 0 Å². The summed E-state index contributed by atoms with van der Waals surface area (Å²) >= 11 is 1.36. The van der Waals surface area contributed by atoms with E-state index in [0.29, 0.717) is 40.0 Å². The second-order valence-electron chi connectivity index (χ2n) is 7.95. The summed E-state index contributed by atoms with van der Waals surface area (Å²) < 4.78 is 5.52. The Kier molecular flexibility index (Phi) is 6.04. The fourth-order valence-corrected chi connectivity index (χ4v) is 5.01. The Balaban J connectivity index is 1.31. The first-order chi connectivity index (χ1) is 16.2. The maximum absolute atomic E-state index is 13.5. The Hall–Kier alpha value is -3.71. The molecule has 0 atom stereocenters. The van der Waals surface area contributed by atoms with Gasteiger partial charge in [0.05, 0.1) is 12.0 Å². The van der Waals surface area contributed by atoms with Crippen LogP contribution < -0.4 is 5.32 Å². The summed E-state index contributed by atoms with van der Waals surface area (Å²) in [5.74, 6) is 0.549. The van der Waals surface area contributed by atoms with Gasteiger partial charge in [0.15, 0.2) is 10.8 Å². The summed E-state index contributed by atoms with van der Waals surface area (Å²) in [5, 5.41) is 3.78. The van der Waals surface area contributed by atoms with Gasteiger partial charge in [0.1, 0.15) is 4.88 Å². The lowest BCUT2D eigenvalue weighted by molar-refractivity contribution is 0.0703. The molecule has 0 unspecified atom stereocenters. The third-order valence-electron chi connectivity index (χ3n) is 5.75. The molecule has 4 aromatic rings. The van der Waals surface area contributed by atoms with Crippen LogP contribution in [0.25, 0.3) is 22.0 Å². The number of rotatable bonds is 5. The number of carbonyl (C=O) groups excluding carboxylic acids is 2. The highest BCUT2D eigenvalue weighted by atomic mass is 32.1. The second-order valence-corrected chi connectivity index (χ2v) is 8.95. The molecule has 1 saturated heterocycles. The van der Waals surface area contributed by atoms with Gasteiger partial charge in [-0.05, 0) is 37.1 Å². The molecule has 0 saturated carbocycles. The zero-order valence-electron chi connectivity index (χ0n) is 17.9. The zero-order chi connectivity index (χ0) is 22.6. The first kappa shape index (κ1) is 21.2. The van der Waals surface area contributed by atoms with Gasteiger partial charge in [-0.15, -0.1) is 11.3 Å². The average Bonchev–Trinajstić information content (AvgIpc) is 3.56. The molecule has 6 nitrogen and oxygen atoms in total. The predicted octanol–water partition coefficient (Wildman–Crippen LogP) is 5.10. The van der Waals surface area contributed by atoms with Crippen LogP contribution in [0.15, 0.2) is 83.5 Å². The molecule has 0 bridgehead atoms. The second kappa shape index (κ2) is 9.42. The number of amides is 2. The van der Waals surface area contributed by atoms with Crippen LogP contribution in [0.2, 0.25) is 0 Å². The van der Waals surface area contributed by atoms with Crippen molar-refractivity contribution in [3.8, 4) is 22.0 Å². The number of thiazole rings is 1. The van der Waals surface area contributed by atoms with E-state index in [2.05, 4.69) is 5.32 Å². The molecule has 1 aliphatic heterocycles. The van der Waals surface area contributed by atoms with Gasteiger partial charge in [-0.25, -0.2) is 4.98 Å². The van der Waals surface area contributed by atoms with Crippen LogP contribution in [0.5, 0.6) is 0 Å². The lowest BCUT2D eigenvalue weighted by Gasteiger charge is -2.32. The normalized spacial score (nSPS) is 14.2. The Bertz CT molecular complexity index is 1230. The van der Waals surface area contributed by atoms with E-state index in [4.69, 9.17) is 9.40 Å². The van der Waals surface area contributed by atoms with E-state index in [1.54, 1.807) is 18.4 Å². The molecule has 1 fully saturated rings. The van der Waals surface area contributed by atoms with Gasteiger partial charge in [0.25, 0.3) is 11.8 Å². The fraction of sp³-hybridized carbons (Fsp3) is 0.192. The Morgan fingerprint density at radius 2 is 1.64 bits per heavy atom. The van der Waals surface area contributed by atoms with Gasteiger partial charge in [-0.2, -0.15) is 0 Å². The van der Waals surface area contributed by atoms with Gasteiger partial charge in [-0.3, -0.25) is 9.59 Å². The van der Waals surface area contributed by atoms with E-state index in [-0.39, 0.29) is 17.9 Å². The number of likely N-dealkylation sites (tertiary alicyclic amines) is 1. The third kappa shape index (κ3) is 4.59. The molecule has 2 aromatic carbocycles. The average molecular weight is 458 g/mol. The first-order valence-electron chi connectivity index (χ1n) is 10.9. The number of furan rings is 1. The molecule has 3 heterocycles. The van der Waals surface area contributed by atoms with Crippen molar-refractivity contribution in [1.82, 2.24) is 15.2 Å². The van der Waals surface area contributed by atoms with Crippen molar-refractivity contribution >= 4 is 23.2 Å². The molecule has 0 radical (unpaired) electrons. The Morgan fingerprint density at radius 3 is 2.30 bits per heavy atom. The summed E-state index contributed by atoms with van der Waals surface area (Å²) in [4.78, 5) is 33.2. The third-order valence-corrected chi connectivity index (χ3v) is 6.81. The number of aromatic nitrogens is 1. The predicted molar refractivity (Wildman–Crippen MR) is 128 cm³/mol. The summed E-state index contributed by atoms with van der Waals surface area (Å²) in [6, 6.07) is 22.7. The van der Waals surface area contributed by atoms with E-state index in [1.807, 2.05) is 65.6 Å². The lowest BCUT2D eigenvalue weighted by atomic mass is 10.0. The lowest BCUT2D eigenvalue weighted by Crippen LogP contribution is -2.46. The number of piperidine rings is 1. The van der Waals surface area contributed by atoms with Gasteiger partial charge >= 0.3 is 0 Å². The maximum atomic E-state index is 13.5. The summed E-state index contributed by atoms with van der Waals surface area (Å²) in [6.45, 7) is 1.17. The van der Waals surface area contributed by atoms with Crippen molar-refractivity contribution in [2.75, 3.05) is 13.1 Å². The van der Waals surface area contributed by atoms with E-state index < -0.39 is 0 Å². The number of benzene rings is 2. The zero-order valence-corrected chi connectivity index (χ0v) is 18.8. The summed E-state index contributed by atoms with van der Waals surface area (Å²) in [6.07, 6.45) is 3.04. The molecule has 0 spiro atoms. The van der Waals surface area contributed by atoms with Crippen molar-refractivity contribution in [2.45, 2.75) is 18.9 Å². The van der Waals surface area contributed by atoms with Crippen LogP contribution >= 0.6 is 11.3 Å². The molecular weight excluding hydrogens is 434 g/mol. The molecule has 166 valence electrons. The van der Waals surface area contributed by atoms with Crippen LogP contribution in [0, 0.1) is 0 Å². The van der Waals surface area contributed by atoms with Gasteiger partial charge in [0, 0.05) is 30.3 Å². The van der Waals surface area contributed by atoms with Crippen LogP contribution in [-0.2, 0) is 0 Å². The minimum absolute atomic E-state index is 0.0306. The first-order valence-corrected chi connectivity index (χ1v) is 11.8. The van der Waals surface area contributed by atoms with E-state index in [0.717, 1.165) is 18.4 Å². The van der Waals surface area contributed by atoms with Crippen LogP contribution in [0.4, 0.5) is 0 Å². The van der Waals surface area contributed by atoms with E-state index in [1.165, 1.54) is 11.3 Å². The molecule has 1 aliphatic rings. The minimum Gasteiger partial charge on any atom is -0.462 e. The molecule has 1 N–H and O–H groups in total. The van der Waals surface area contributed by atoms with Crippen molar-refractivity contribution in [2.24, 2.45) is 0 Å². The molecule has 7 heteroatoms. The SMILES string of the molecule is O=C(NC1CCN(C(=O)c2sc(-c3ccco3)nc2-c2ccccc2)CC1)c1ccccc1. The van der Waals surface area contributed by atoms with Crippen molar-refractivity contribution < 1.29 is 14.0 Å². The van der Waals surface area contributed by atoms with Gasteiger partial charge in [0.2, 0.25) is 0 Å². The molecule has 0 aliphatic carbocycles. The Labute approximate surface area is 195 Å². The molecule has 2 aromatic heterocycles. The Morgan fingerprint density at radius 1 is 0.939 bits per heavy atom. The topological polar surface area (TPSA) is 75.4 Å². The largest absolute Gasteiger partial charge is 0.462 e. The quantitative estimate of drug-likeness (QED) is 0.452. The number of hydrogen-bond acceptors (Lipinski definition) is 5. The summed E-state index contributed by atoms with van der Waals surface area (Å²) in [7, 11) is 0. The van der Waals surface area contributed by atoms with Crippen LogP contribution in [0.1, 0.15) is 32.9 Å². The maximum Gasteiger partial charge on any atom is 0.266 e. The number of nitrogens with one attached hydrogen (secondary N) is 1. The van der Waals surface area contributed by atoms with Gasteiger partial charge < -0.3 is 14.6 Å². The van der Waals surface area contributed by atoms with Gasteiger partial charge in [-0.1, -0.05) is 48.5 Å². The standard InChI is InChI=1S/C26H23N3O3S/c30-24(19-10-5-2-6-11-19)27-20-13-15-29(16-14-20)26(31)23-22(18-8-3-1-4-9-18)28-25(33-23)21-12-7-17-32-21/h1-12,17,20H,13-16H2,(H,27,30). The monoisotopic (exact) mass is 457 g/mol. The molecular formula is C26H23N3O3S. The highest BCUT2D eigenvalue weighted by Gasteiger charge is 2.29. The molecule has 5 rings (SSSR count). The smallest absolute Gasteiger partial charge is 0.266 e. The van der Waals surface area contributed by atoms with E-state index in [9.17, 15) is 9.59 Å². The van der Waals surface area contributed by atoms with Crippen LogP contribution in [-0.4, -0.2) is 40.8 Å². The number of carbonyl (C=O) groups is 2. The minimum atomic E-state index is -0.0720. The van der Waals surface area contributed by atoms with Crippen molar-refractivity contribution in [3.05, 3.63) is 89.5 Å². The molecule has 33 heavy (non-hydrogen) atoms. The van der Waals surface area contributed by atoms with E-state index >= 15 is 0 Å². The van der Waals surface area contributed by atoms with Crippen molar-refractivity contribution in [3.63, 3.8) is 0 Å². The number of nitrogens with zero attached hydrogens (tertiary/aromatic N) is 2. The number of hydrogen-bond donors (Lipinski definition) is 1. The highest BCUT2D eigenvalue weighted by molar-refractivity contribution is 7.17. The highest BCUT2D eigenvalue weighted by Crippen LogP contribution is 2.35. The fourth-order valence-electron chi connectivity index (χ4n) is 3.99. The van der Waals surface area contributed by atoms with Crippen molar-refractivity contribution in [1.29, 1.82) is 0 Å².